The van der Waals surface area contributed by atoms with Gasteiger partial charge in [-0.1, -0.05) is 24.3 Å². The maximum atomic E-state index is 12.1. The predicted octanol–water partition coefficient (Wildman–Crippen LogP) is 3.44. The lowest BCUT2D eigenvalue weighted by Crippen LogP contribution is -2.39. The van der Waals surface area contributed by atoms with Crippen LogP contribution in [0.15, 0.2) is 54.6 Å². The Hall–Kier alpha value is -3.48. The van der Waals surface area contributed by atoms with Crippen molar-refractivity contribution < 1.29 is 14.3 Å². The van der Waals surface area contributed by atoms with E-state index in [9.17, 15) is 4.79 Å². The van der Waals surface area contributed by atoms with Gasteiger partial charge in [0, 0.05) is 18.5 Å². The van der Waals surface area contributed by atoms with Crippen LogP contribution in [0.2, 0.25) is 0 Å². The van der Waals surface area contributed by atoms with Crippen molar-refractivity contribution >= 4 is 22.8 Å². The van der Waals surface area contributed by atoms with Crippen LogP contribution in [-0.2, 0) is 0 Å². The molecule has 0 saturated carbocycles. The first kappa shape index (κ1) is 17.9. The molecule has 7 heteroatoms. The molecule has 2 amide bonds. The minimum absolute atomic E-state index is 0.149. The first-order valence-corrected chi connectivity index (χ1v) is 9.22. The summed E-state index contributed by atoms with van der Waals surface area (Å²) in [5.41, 5.74) is 1.90. The summed E-state index contributed by atoms with van der Waals surface area (Å²) in [5.74, 6) is 2.22. The minimum atomic E-state index is -0.224. The van der Waals surface area contributed by atoms with Gasteiger partial charge in [-0.2, -0.15) is 0 Å². The van der Waals surface area contributed by atoms with E-state index in [0.717, 1.165) is 28.0 Å². The van der Waals surface area contributed by atoms with Crippen molar-refractivity contribution in [3.8, 4) is 11.5 Å². The van der Waals surface area contributed by atoms with E-state index in [1.165, 1.54) is 0 Å². The zero-order valence-electron chi connectivity index (χ0n) is 15.6. The van der Waals surface area contributed by atoms with Gasteiger partial charge >= 0.3 is 6.03 Å². The number of benzene rings is 2. The molecule has 0 spiro atoms. The second kappa shape index (κ2) is 8.04. The molecular weight excluding hydrogens is 356 g/mol. The van der Waals surface area contributed by atoms with Crippen molar-refractivity contribution in [1.82, 2.24) is 15.6 Å². The normalized spacial score (nSPS) is 13.2. The number of hydrogen-bond acceptors (Lipinski definition) is 5. The van der Waals surface area contributed by atoms with Crippen LogP contribution in [0.25, 0.3) is 10.9 Å². The Balaban J connectivity index is 1.23. The Labute approximate surface area is 163 Å². The van der Waals surface area contributed by atoms with E-state index >= 15 is 0 Å². The van der Waals surface area contributed by atoms with Crippen LogP contribution in [0.5, 0.6) is 11.5 Å². The molecule has 2 aromatic carbocycles. The van der Waals surface area contributed by atoms with Gasteiger partial charge in [-0.15, -0.1) is 0 Å². The molecule has 2 heterocycles. The summed E-state index contributed by atoms with van der Waals surface area (Å²) in [5, 5.41) is 10.1. The maximum Gasteiger partial charge on any atom is 0.315 e. The van der Waals surface area contributed by atoms with E-state index in [2.05, 4.69) is 20.9 Å². The summed E-state index contributed by atoms with van der Waals surface area (Å²) < 4.78 is 10.7. The lowest BCUT2D eigenvalue weighted by atomic mass is 10.1. The monoisotopic (exact) mass is 378 g/mol. The van der Waals surface area contributed by atoms with E-state index in [-0.39, 0.29) is 18.9 Å². The number of aromatic nitrogens is 1. The molecule has 4 rings (SSSR count). The van der Waals surface area contributed by atoms with Crippen LogP contribution in [0.4, 0.5) is 10.6 Å². The van der Waals surface area contributed by atoms with Gasteiger partial charge in [0.15, 0.2) is 11.5 Å². The fourth-order valence-corrected chi connectivity index (χ4v) is 3.04. The van der Waals surface area contributed by atoms with Crippen molar-refractivity contribution in [2.24, 2.45) is 0 Å². The molecule has 3 aromatic rings. The lowest BCUT2D eigenvalue weighted by Gasteiger charge is -2.15. The van der Waals surface area contributed by atoms with Gasteiger partial charge in [-0.05, 0) is 42.8 Å². The van der Waals surface area contributed by atoms with E-state index < -0.39 is 0 Å². The number of nitrogens with one attached hydrogen (secondary N) is 3. The van der Waals surface area contributed by atoms with E-state index in [0.29, 0.717) is 18.8 Å². The number of para-hydroxylation sites is 1. The Morgan fingerprint density at radius 1 is 1.07 bits per heavy atom. The highest BCUT2D eigenvalue weighted by Crippen LogP contribution is 2.34. The Bertz CT molecular complexity index is 992. The number of anilines is 1. The fourth-order valence-electron chi connectivity index (χ4n) is 3.04. The fraction of sp³-hybridized carbons (Fsp3) is 0.238. The number of amides is 2. The van der Waals surface area contributed by atoms with Crippen LogP contribution in [-0.4, -0.2) is 30.9 Å². The molecule has 28 heavy (non-hydrogen) atoms. The second-order valence-corrected chi connectivity index (χ2v) is 6.55. The molecular formula is C21H22N4O3. The molecule has 0 fully saturated rings. The molecule has 0 aliphatic carbocycles. The number of hydrogen-bond donors (Lipinski definition) is 3. The van der Waals surface area contributed by atoms with E-state index in [4.69, 9.17) is 9.47 Å². The standard InChI is InChI=1S/C21H22N4O3/c1-14(16-6-8-18-19(12-16)28-13-27-18)24-21(26)23-11-10-22-20-9-7-15-4-2-3-5-17(15)25-20/h2-9,12,14H,10-11,13H2,1H3,(H,22,25)(H2,23,24,26). The average molecular weight is 378 g/mol. The summed E-state index contributed by atoms with van der Waals surface area (Å²) in [6.45, 7) is 3.22. The van der Waals surface area contributed by atoms with Gasteiger partial charge in [0.25, 0.3) is 0 Å². The average Bonchev–Trinajstić information content (AvgIpc) is 3.19. The molecule has 1 unspecified atom stereocenters. The van der Waals surface area contributed by atoms with Gasteiger partial charge in [0.1, 0.15) is 5.82 Å². The number of urea groups is 1. The summed E-state index contributed by atoms with van der Waals surface area (Å²) in [6.07, 6.45) is 0. The number of fused-ring (bicyclic) bond motifs is 2. The molecule has 1 atom stereocenters. The topological polar surface area (TPSA) is 84.5 Å². The molecule has 3 N–H and O–H groups in total. The number of carbonyl (C=O) groups is 1. The van der Waals surface area contributed by atoms with Crippen LogP contribution in [0.1, 0.15) is 18.5 Å². The number of rotatable bonds is 6. The molecule has 0 saturated heterocycles. The third-order valence-electron chi connectivity index (χ3n) is 4.56. The summed E-state index contributed by atoms with van der Waals surface area (Å²) in [7, 11) is 0. The molecule has 0 radical (unpaired) electrons. The molecule has 0 bridgehead atoms. The van der Waals surface area contributed by atoms with Gasteiger partial charge in [0.05, 0.1) is 11.6 Å². The molecule has 7 nitrogen and oxygen atoms in total. The van der Waals surface area contributed by atoms with Gasteiger partial charge in [-0.25, -0.2) is 9.78 Å². The van der Waals surface area contributed by atoms with Crippen molar-refractivity contribution in [2.75, 3.05) is 25.2 Å². The largest absolute Gasteiger partial charge is 0.454 e. The zero-order valence-corrected chi connectivity index (χ0v) is 15.6. The summed E-state index contributed by atoms with van der Waals surface area (Å²) in [4.78, 5) is 16.7. The first-order valence-electron chi connectivity index (χ1n) is 9.22. The minimum Gasteiger partial charge on any atom is -0.454 e. The van der Waals surface area contributed by atoms with Crippen molar-refractivity contribution in [3.63, 3.8) is 0 Å². The highest BCUT2D eigenvalue weighted by atomic mass is 16.7. The highest BCUT2D eigenvalue weighted by molar-refractivity contribution is 5.80. The van der Waals surface area contributed by atoms with Crippen LogP contribution < -0.4 is 25.4 Å². The Morgan fingerprint density at radius 3 is 2.86 bits per heavy atom. The smallest absolute Gasteiger partial charge is 0.315 e. The highest BCUT2D eigenvalue weighted by Gasteiger charge is 2.16. The molecule has 144 valence electrons. The maximum absolute atomic E-state index is 12.1. The van der Waals surface area contributed by atoms with Crippen LogP contribution in [0, 0.1) is 0 Å². The molecule has 1 aliphatic rings. The third kappa shape index (κ3) is 4.09. The van der Waals surface area contributed by atoms with Crippen LogP contribution in [0.3, 0.4) is 0 Å². The van der Waals surface area contributed by atoms with Crippen molar-refractivity contribution in [1.29, 1.82) is 0 Å². The number of ether oxygens (including phenoxy) is 2. The number of carbonyl (C=O) groups excluding carboxylic acids is 1. The zero-order chi connectivity index (χ0) is 19.3. The van der Waals surface area contributed by atoms with E-state index in [1.54, 1.807) is 0 Å². The predicted molar refractivity (Wildman–Crippen MR) is 108 cm³/mol. The van der Waals surface area contributed by atoms with Crippen molar-refractivity contribution in [3.05, 3.63) is 60.2 Å². The molecule has 1 aliphatic heterocycles. The van der Waals surface area contributed by atoms with E-state index in [1.807, 2.05) is 61.5 Å². The van der Waals surface area contributed by atoms with Gasteiger partial charge in [-0.3, -0.25) is 0 Å². The third-order valence-corrected chi connectivity index (χ3v) is 4.56. The molecule has 1 aromatic heterocycles. The second-order valence-electron chi connectivity index (χ2n) is 6.55. The number of nitrogens with zero attached hydrogens (tertiary/aromatic N) is 1. The quantitative estimate of drug-likeness (QED) is 0.572. The Kier molecular flexibility index (Phi) is 5.14. The Morgan fingerprint density at radius 2 is 1.93 bits per heavy atom. The van der Waals surface area contributed by atoms with Crippen LogP contribution >= 0.6 is 0 Å². The summed E-state index contributed by atoms with van der Waals surface area (Å²) >= 11 is 0. The van der Waals surface area contributed by atoms with Gasteiger partial charge < -0.3 is 25.4 Å². The van der Waals surface area contributed by atoms with Crippen molar-refractivity contribution in [2.45, 2.75) is 13.0 Å². The lowest BCUT2D eigenvalue weighted by molar-refractivity contribution is 0.174. The first-order chi connectivity index (χ1) is 13.7. The summed E-state index contributed by atoms with van der Waals surface area (Å²) in [6, 6.07) is 17.2. The van der Waals surface area contributed by atoms with Gasteiger partial charge in [0.2, 0.25) is 6.79 Å². The number of pyridine rings is 1. The SMILES string of the molecule is CC(NC(=O)NCCNc1ccc2ccccc2n1)c1ccc2c(c1)OCO2.